The fraction of sp³-hybridized carbons (Fsp3) is 0.308. The summed E-state index contributed by atoms with van der Waals surface area (Å²) < 4.78 is 0. The molecule has 3 rings (SSSR count). The molecular formula is C13H11Cl2N. The second-order valence-corrected chi connectivity index (χ2v) is 4.81. The highest BCUT2D eigenvalue weighted by molar-refractivity contribution is 6.35. The summed E-state index contributed by atoms with van der Waals surface area (Å²) in [6.07, 6.45) is 3.34. The first-order valence-electron chi connectivity index (χ1n) is 5.46. The van der Waals surface area contributed by atoms with Crippen LogP contribution in [0.1, 0.15) is 23.2 Å². The standard InChI is InChI=1S/C13H11Cl2N/c14-7-10-8-3-2-6-12(8)16-13-9(10)4-1-5-11(13)15/h1,4-5H,2-3,6-7H2. The third kappa shape index (κ3) is 1.42. The van der Waals surface area contributed by atoms with Crippen molar-refractivity contribution in [3.8, 4) is 0 Å². The molecule has 1 aliphatic carbocycles. The second-order valence-electron chi connectivity index (χ2n) is 4.14. The van der Waals surface area contributed by atoms with Crippen LogP contribution >= 0.6 is 23.2 Å². The van der Waals surface area contributed by atoms with Gasteiger partial charge >= 0.3 is 0 Å². The van der Waals surface area contributed by atoms with Gasteiger partial charge in [0.1, 0.15) is 0 Å². The maximum Gasteiger partial charge on any atom is 0.0894 e. The molecule has 82 valence electrons. The van der Waals surface area contributed by atoms with Gasteiger partial charge in [-0.2, -0.15) is 0 Å². The number of benzene rings is 1. The summed E-state index contributed by atoms with van der Waals surface area (Å²) in [6.45, 7) is 0. The summed E-state index contributed by atoms with van der Waals surface area (Å²) in [6, 6.07) is 5.91. The lowest BCUT2D eigenvalue weighted by Gasteiger charge is -2.10. The van der Waals surface area contributed by atoms with Gasteiger partial charge < -0.3 is 0 Å². The highest BCUT2D eigenvalue weighted by Gasteiger charge is 2.19. The quantitative estimate of drug-likeness (QED) is 0.696. The smallest absolute Gasteiger partial charge is 0.0894 e. The Balaban J connectivity index is 2.44. The largest absolute Gasteiger partial charge is 0.251 e. The highest BCUT2D eigenvalue weighted by Crippen LogP contribution is 2.33. The number of hydrogen-bond donors (Lipinski definition) is 0. The molecule has 1 heterocycles. The Kier molecular flexibility index (Phi) is 2.53. The zero-order chi connectivity index (χ0) is 11.1. The van der Waals surface area contributed by atoms with E-state index in [0.717, 1.165) is 28.8 Å². The topological polar surface area (TPSA) is 12.9 Å². The van der Waals surface area contributed by atoms with Gasteiger partial charge in [-0.25, -0.2) is 0 Å². The van der Waals surface area contributed by atoms with Gasteiger partial charge in [0.25, 0.3) is 0 Å². The van der Waals surface area contributed by atoms with E-state index in [1.54, 1.807) is 0 Å². The van der Waals surface area contributed by atoms with Crippen molar-refractivity contribution in [2.75, 3.05) is 0 Å². The van der Waals surface area contributed by atoms with Gasteiger partial charge in [-0.15, -0.1) is 11.6 Å². The molecule has 0 N–H and O–H groups in total. The van der Waals surface area contributed by atoms with Crippen molar-refractivity contribution in [2.24, 2.45) is 0 Å². The first-order valence-corrected chi connectivity index (χ1v) is 6.37. The number of para-hydroxylation sites is 1. The predicted molar refractivity (Wildman–Crippen MR) is 68.3 cm³/mol. The Bertz CT molecular complexity index is 563. The van der Waals surface area contributed by atoms with Crippen LogP contribution in [0.4, 0.5) is 0 Å². The molecule has 0 atom stereocenters. The molecule has 0 bridgehead atoms. The fourth-order valence-electron chi connectivity index (χ4n) is 2.50. The molecule has 1 aromatic carbocycles. The van der Waals surface area contributed by atoms with Crippen LogP contribution in [0.3, 0.4) is 0 Å². The number of pyridine rings is 1. The average molecular weight is 252 g/mol. The van der Waals surface area contributed by atoms with E-state index in [1.165, 1.54) is 23.2 Å². The van der Waals surface area contributed by atoms with Crippen molar-refractivity contribution in [3.63, 3.8) is 0 Å². The van der Waals surface area contributed by atoms with Gasteiger partial charge in [-0.3, -0.25) is 4.98 Å². The van der Waals surface area contributed by atoms with Gasteiger partial charge in [0, 0.05) is 17.0 Å². The molecule has 0 fully saturated rings. The number of hydrogen-bond acceptors (Lipinski definition) is 1. The maximum absolute atomic E-state index is 6.18. The molecule has 0 spiro atoms. The van der Waals surface area contributed by atoms with Gasteiger partial charge in [-0.05, 0) is 36.5 Å². The molecule has 2 aromatic rings. The van der Waals surface area contributed by atoms with Crippen molar-refractivity contribution in [1.29, 1.82) is 0 Å². The zero-order valence-electron chi connectivity index (χ0n) is 8.76. The third-order valence-electron chi connectivity index (χ3n) is 3.25. The third-order valence-corrected chi connectivity index (χ3v) is 3.82. The van der Waals surface area contributed by atoms with Crippen LogP contribution < -0.4 is 0 Å². The van der Waals surface area contributed by atoms with Crippen LogP contribution in [0.2, 0.25) is 5.02 Å². The van der Waals surface area contributed by atoms with Crippen LogP contribution in [0.5, 0.6) is 0 Å². The van der Waals surface area contributed by atoms with Gasteiger partial charge in [0.15, 0.2) is 0 Å². The Hall–Kier alpha value is -0.790. The molecule has 0 radical (unpaired) electrons. The molecule has 3 heteroatoms. The molecule has 1 nitrogen and oxygen atoms in total. The lowest BCUT2D eigenvalue weighted by molar-refractivity contribution is 0.899. The van der Waals surface area contributed by atoms with E-state index in [4.69, 9.17) is 23.2 Å². The van der Waals surface area contributed by atoms with E-state index in [1.807, 2.05) is 12.1 Å². The SMILES string of the molecule is ClCc1c2c(nc3c(Cl)cccc13)CCC2. The van der Waals surface area contributed by atoms with E-state index >= 15 is 0 Å². The number of nitrogens with zero attached hydrogens (tertiary/aromatic N) is 1. The number of alkyl halides is 1. The molecule has 0 saturated carbocycles. The van der Waals surface area contributed by atoms with Crippen LogP contribution in [-0.4, -0.2) is 4.98 Å². The summed E-state index contributed by atoms with van der Waals surface area (Å²) in [5.74, 6) is 0.543. The minimum Gasteiger partial charge on any atom is -0.251 e. The lowest BCUT2D eigenvalue weighted by Crippen LogP contribution is -1.97. The van der Waals surface area contributed by atoms with Crippen LogP contribution in [0, 0.1) is 0 Å². The van der Waals surface area contributed by atoms with Crippen molar-refractivity contribution in [2.45, 2.75) is 25.1 Å². The predicted octanol–water partition coefficient (Wildman–Crippen LogP) is 4.12. The molecule has 16 heavy (non-hydrogen) atoms. The fourth-order valence-corrected chi connectivity index (χ4v) is 3.02. The summed E-state index contributed by atoms with van der Waals surface area (Å²) >= 11 is 12.3. The number of fused-ring (bicyclic) bond motifs is 2. The summed E-state index contributed by atoms with van der Waals surface area (Å²) in [5, 5.41) is 1.83. The molecule has 0 saturated heterocycles. The van der Waals surface area contributed by atoms with Crippen LogP contribution in [0.25, 0.3) is 10.9 Å². The number of aromatic nitrogens is 1. The average Bonchev–Trinajstić information content (AvgIpc) is 2.75. The van der Waals surface area contributed by atoms with Crippen molar-refractivity contribution < 1.29 is 0 Å². The Labute approximate surface area is 104 Å². The van der Waals surface area contributed by atoms with Crippen molar-refractivity contribution in [1.82, 2.24) is 4.98 Å². The van der Waals surface area contributed by atoms with Gasteiger partial charge in [0.2, 0.25) is 0 Å². The first kappa shape index (κ1) is 10.4. The molecule has 0 amide bonds. The Morgan fingerprint density at radius 2 is 2.12 bits per heavy atom. The molecule has 1 aromatic heterocycles. The molecule has 1 aliphatic rings. The van der Waals surface area contributed by atoms with E-state index in [-0.39, 0.29) is 0 Å². The number of halogens is 2. The molecular weight excluding hydrogens is 241 g/mol. The zero-order valence-corrected chi connectivity index (χ0v) is 10.3. The maximum atomic E-state index is 6.18. The second kappa shape index (κ2) is 3.90. The van der Waals surface area contributed by atoms with Gasteiger partial charge in [-0.1, -0.05) is 23.7 Å². The number of aryl methyl sites for hydroxylation is 1. The lowest BCUT2D eigenvalue weighted by atomic mass is 10.0. The normalized spacial score (nSPS) is 14.4. The molecule has 0 aliphatic heterocycles. The van der Waals surface area contributed by atoms with Crippen LogP contribution in [0.15, 0.2) is 18.2 Å². The summed E-state index contributed by atoms with van der Waals surface area (Å²) in [5.41, 5.74) is 4.67. The first-order chi connectivity index (χ1) is 7.81. The highest BCUT2D eigenvalue weighted by atomic mass is 35.5. The monoisotopic (exact) mass is 251 g/mol. The minimum absolute atomic E-state index is 0.543. The van der Waals surface area contributed by atoms with Gasteiger partial charge in [0.05, 0.1) is 10.5 Å². The summed E-state index contributed by atoms with van der Waals surface area (Å²) in [4.78, 5) is 4.67. The molecule has 0 unspecified atom stereocenters. The van der Waals surface area contributed by atoms with Crippen molar-refractivity contribution in [3.05, 3.63) is 40.0 Å². The Morgan fingerprint density at radius 3 is 2.94 bits per heavy atom. The number of rotatable bonds is 1. The summed E-state index contributed by atoms with van der Waals surface area (Å²) in [7, 11) is 0. The van der Waals surface area contributed by atoms with E-state index in [0.29, 0.717) is 5.88 Å². The van der Waals surface area contributed by atoms with E-state index in [2.05, 4.69) is 11.1 Å². The Morgan fingerprint density at radius 1 is 1.25 bits per heavy atom. The van der Waals surface area contributed by atoms with Crippen LogP contribution in [-0.2, 0) is 18.7 Å². The van der Waals surface area contributed by atoms with E-state index in [9.17, 15) is 0 Å². The van der Waals surface area contributed by atoms with Crippen molar-refractivity contribution >= 4 is 34.1 Å². The minimum atomic E-state index is 0.543. The van der Waals surface area contributed by atoms with E-state index < -0.39 is 0 Å².